The van der Waals surface area contributed by atoms with Crippen molar-refractivity contribution in [1.82, 2.24) is 24.5 Å². The van der Waals surface area contributed by atoms with Gasteiger partial charge in [-0.15, -0.1) is 0 Å². The quantitative estimate of drug-likeness (QED) is 0.573. The monoisotopic (exact) mass is 451 g/mol. The summed E-state index contributed by atoms with van der Waals surface area (Å²) >= 11 is 9.32. The Kier molecular flexibility index (Phi) is 5.86. The third kappa shape index (κ3) is 4.51. The number of hydrogen-bond donors (Lipinski definition) is 0. The fourth-order valence-corrected chi connectivity index (χ4v) is 3.29. The Morgan fingerprint density at radius 3 is 2.81 bits per heavy atom. The number of amides is 1. The van der Waals surface area contributed by atoms with Crippen molar-refractivity contribution in [3.63, 3.8) is 0 Å². The van der Waals surface area contributed by atoms with Crippen LogP contribution in [0.1, 0.15) is 21.7 Å². The maximum atomic E-state index is 12.6. The summed E-state index contributed by atoms with van der Waals surface area (Å²) in [4.78, 5) is 14.2. The number of halogens is 2. The first-order chi connectivity index (χ1) is 12.8. The zero-order valence-electron chi connectivity index (χ0n) is 15.2. The SMILES string of the molecule is Cc1c(CN(C)C(=O)c2ccn(COc3ccc(Cl)cc3Br)n2)cnn1C. The van der Waals surface area contributed by atoms with Crippen LogP contribution in [0.5, 0.6) is 5.75 Å². The predicted molar refractivity (Wildman–Crippen MR) is 106 cm³/mol. The van der Waals surface area contributed by atoms with Gasteiger partial charge < -0.3 is 9.64 Å². The summed E-state index contributed by atoms with van der Waals surface area (Å²) < 4.78 is 9.81. The van der Waals surface area contributed by atoms with Crippen LogP contribution in [0.25, 0.3) is 0 Å². The normalized spacial score (nSPS) is 10.9. The lowest BCUT2D eigenvalue weighted by Crippen LogP contribution is -2.27. The molecule has 0 N–H and O–H groups in total. The van der Waals surface area contributed by atoms with E-state index in [1.807, 2.05) is 14.0 Å². The van der Waals surface area contributed by atoms with E-state index in [1.165, 1.54) is 0 Å². The standard InChI is InChI=1S/C18H19BrClN5O2/c1-12-13(9-21-24(12)3)10-23(2)18(26)16-6-7-25(22-16)11-27-17-5-4-14(20)8-15(17)19/h4-9H,10-11H2,1-3H3. The molecular weight excluding hydrogens is 434 g/mol. The lowest BCUT2D eigenvalue weighted by atomic mass is 10.2. The van der Waals surface area contributed by atoms with E-state index in [4.69, 9.17) is 16.3 Å². The van der Waals surface area contributed by atoms with E-state index in [0.717, 1.165) is 15.7 Å². The number of rotatable bonds is 6. The molecule has 1 aromatic carbocycles. The van der Waals surface area contributed by atoms with Crippen LogP contribution in [-0.4, -0.2) is 37.4 Å². The second-order valence-electron chi connectivity index (χ2n) is 6.13. The van der Waals surface area contributed by atoms with Gasteiger partial charge in [0.2, 0.25) is 0 Å². The Balaban J connectivity index is 1.62. The summed E-state index contributed by atoms with van der Waals surface area (Å²) in [6.45, 7) is 2.63. The molecule has 142 valence electrons. The number of carbonyl (C=O) groups is 1. The van der Waals surface area contributed by atoms with Gasteiger partial charge in [0.25, 0.3) is 5.91 Å². The van der Waals surface area contributed by atoms with Gasteiger partial charge in [-0.25, -0.2) is 4.68 Å². The van der Waals surface area contributed by atoms with E-state index in [0.29, 0.717) is 23.0 Å². The minimum absolute atomic E-state index is 0.162. The molecule has 9 heteroatoms. The topological polar surface area (TPSA) is 65.2 Å². The molecule has 2 aromatic heterocycles. The van der Waals surface area contributed by atoms with Crippen LogP contribution in [0.15, 0.2) is 41.1 Å². The summed E-state index contributed by atoms with van der Waals surface area (Å²) in [6.07, 6.45) is 3.48. The summed E-state index contributed by atoms with van der Waals surface area (Å²) in [5.74, 6) is 0.483. The average molecular weight is 453 g/mol. The third-order valence-corrected chi connectivity index (χ3v) is 5.05. The first-order valence-electron chi connectivity index (χ1n) is 8.19. The molecule has 0 atom stereocenters. The predicted octanol–water partition coefficient (Wildman–Crippen LogP) is 3.65. The molecule has 3 aromatic rings. The third-order valence-electron chi connectivity index (χ3n) is 4.20. The highest BCUT2D eigenvalue weighted by atomic mass is 79.9. The van der Waals surface area contributed by atoms with Crippen molar-refractivity contribution >= 4 is 33.4 Å². The van der Waals surface area contributed by atoms with E-state index >= 15 is 0 Å². The van der Waals surface area contributed by atoms with Crippen molar-refractivity contribution in [2.75, 3.05) is 7.05 Å². The molecule has 0 aliphatic rings. The van der Waals surface area contributed by atoms with Crippen LogP contribution >= 0.6 is 27.5 Å². The van der Waals surface area contributed by atoms with Gasteiger partial charge in [-0.2, -0.15) is 10.2 Å². The molecular formula is C18H19BrClN5O2. The van der Waals surface area contributed by atoms with Crippen molar-refractivity contribution in [3.05, 3.63) is 63.1 Å². The average Bonchev–Trinajstić information content (AvgIpc) is 3.22. The zero-order valence-corrected chi connectivity index (χ0v) is 17.5. The number of carbonyl (C=O) groups excluding carboxylic acids is 1. The van der Waals surface area contributed by atoms with E-state index in [-0.39, 0.29) is 12.6 Å². The molecule has 2 heterocycles. The van der Waals surface area contributed by atoms with Crippen LogP contribution in [0.2, 0.25) is 5.02 Å². The van der Waals surface area contributed by atoms with Crippen LogP contribution in [0.3, 0.4) is 0 Å². The lowest BCUT2D eigenvalue weighted by Gasteiger charge is -2.15. The second kappa shape index (κ2) is 8.14. The molecule has 27 heavy (non-hydrogen) atoms. The van der Waals surface area contributed by atoms with Crippen molar-refractivity contribution in [2.45, 2.75) is 20.2 Å². The van der Waals surface area contributed by atoms with E-state index in [1.54, 1.807) is 58.0 Å². The fourth-order valence-electron chi connectivity index (χ4n) is 2.50. The van der Waals surface area contributed by atoms with Gasteiger partial charge in [-0.3, -0.25) is 9.48 Å². The molecule has 0 unspecified atom stereocenters. The van der Waals surface area contributed by atoms with Crippen molar-refractivity contribution in [1.29, 1.82) is 0 Å². The molecule has 0 spiro atoms. The highest BCUT2D eigenvalue weighted by Crippen LogP contribution is 2.28. The van der Waals surface area contributed by atoms with Gasteiger partial charge >= 0.3 is 0 Å². The maximum Gasteiger partial charge on any atom is 0.274 e. The van der Waals surface area contributed by atoms with Gasteiger partial charge in [-0.05, 0) is 47.1 Å². The minimum atomic E-state index is -0.162. The van der Waals surface area contributed by atoms with Gasteiger partial charge in [-0.1, -0.05) is 11.6 Å². The Morgan fingerprint density at radius 2 is 2.15 bits per heavy atom. The molecule has 1 amide bonds. The Bertz CT molecular complexity index is 969. The first-order valence-corrected chi connectivity index (χ1v) is 9.36. The summed E-state index contributed by atoms with van der Waals surface area (Å²) in [5, 5.41) is 9.12. The maximum absolute atomic E-state index is 12.6. The first kappa shape index (κ1) is 19.4. The Morgan fingerprint density at radius 1 is 1.37 bits per heavy atom. The van der Waals surface area contributed by atoms with Crippen LogP contribution in [0, 0.1) is 6.92 Å². The number of ether oxygens (including phenoxy) is 1. The summed E-state index contributed by atoms with van der Waals surface area (Å²) in [5.41, 5.74) is 2.39. The van der Waals surface area contributed by atoms with E-state index in [9.17, 15) is 4.79 Å². The highest BCUT2D eigenvalue weighted by Gasteiger charge is 2.17. The minimum Gasteiger partial charge on any atom is -0.470 e. The van der Waals surface area contributed by atoms with Crippen molar-refractivity contribution in [3.8, 4) is 5.75 Å². The summed E-state index contributed by atoms with van der Waals surface area (Å²) in [7, 11) is 3.62. The molecule has 7 nitrogen and oxygen atoms in total. The molecule has 0 radical (unpaired) electrons. The number of nitrogens with zero attached hydrogens (tertiary/aromatic N) is 5. The highest BCUT2D eigenvalue weighted by molar-refractivity contribution is 9.10. The largest absolute Gasteiger partial charge is 0.470 e. The van der Waals surface area contributed by atoms with Gasteiger partial charge in [0.15, 0.2) is 12.4 Å². The molecule has 0 aliphatic heterocycles. The van der Waals surface area contributed by atoms with Crippen LogP contribution in [0.4, 0.5) is 0 Å². The number of aromatic nitrogens is 4. The zero-order chi connectivity index (χ0) is 19.6. The van der Waals surface area contributed by atoms with Crippen molar-refractivity contribution < 1.29 is 9.53 Å². The molecule has 3 rings (SSSR count). The number of aryl methyl sites for hydroxylation is 1. The van der Waals surface area contributed by atoms with Crippen LogP contribution < -0.4 is 4.74 Å². The lowest BCUT2D eigenvalue weighted by molar-refractivity contribution is 0.0777. The summed E-state index contributed by atoms with van der Waals surface area (Å²) in [6, 6.07) is 6.95. The number of hydrogen-bond acceptors (Lipinski definition) is 4. The van der Waals surface area contributed by atoms with Gasteiger partial charge in [0, 0.05) is 43.1 Å². The molecule has 0 saturated heterocycles. The molecule has 0 saturated carbocycles. The van der Waals surface area contributed by atoms with E-state index in [2.05, 4.69) is 26.1 Å². The molecule has 0 aliphatic carbocycles. The Labute approximate surface area is 170 Å². The smallest absolute Gasteiger partial charge is 0.274 e. The second-order valence-corrected chi connectivity index (χ2v) is 7.42. The van der Waals surface area contributed by atoms with Gasteiger partial charge in [0.1, 0.15) is 5.75 Å². The van der Waals surface area contributed by atoms with Crippen LogP contribution in [-0.2, 0) is 20.3 Å². The van der Waals surface area contributed by atoms with Crippen molar-refractivity contribution in [2.24, 2.45) is 7.05 Å². The Hall–Kier alpha value is -2.32. The number of benzene rings is 1. The molecule has 0 fully saturated rings. The molecule has 0 bridgehead atoms. The van der Waals surface area contributed by atoms with E-state index < -0.39 is 0 Å². The van der Waals surface area contributed by atoms with Gasteiger partial charge in [0.05, 0.1) is 10.7 Å². The fraction of sp³-hybridized carbons (Fsp3) is 0.278.